The molecule has 1 aromatic heterocycles. The molecular weight excluding hydrogens is 238 g/mol. The number of aromatic nitrogens is 2. The van der Waals surface area contributed by atoms with Crippen LogP contribution >= 0.6 is 0 Å². The molecule has 1 aliphatic heterocycles. The number of hydrogen-bond donors (Lipinski definition) is 2. The van der Waals surface area contributed by atoms with Gasteiger partial charge in [-0.3, -0.25) is 5.41 Å². The Morgan fingerprint density at radius 2 is 2.21 bits per heavy atom. The minimum Gasteiger partial charge on any atom is -0.387 e. The van der Waals surface area contributed by atoms with Crippen molar-refractivity contribution in [2.24, 2.45) is 11.7 Å². The Bertz CT molecular complexity index is 604. The van der Waals surface area contributed by atoms with Gasteiger partial charge in [0.1, 0.15) is 0 Å². The minimum atomic E-state index is 0.153. The van der Waals surface area contributed by atoms with Crippen LogP contribution in [0.2, 0.25) is 0 Å². The van der Waals surface area contributed by atoms with Crippen molar-refractivity contribution in [1.82, 2.24) is 10.2 Å². The molecule has 3 N–H and O–H groups in total. The van der Waals surface area contributed by atoms with E-state index in [1.165, 1.54) is 0 Å². The van der Waals surface area contributed by atoms with Gasteiger partial charge in [0, 0.05) is 24.4 Å². The molecule has 2 heterocycles. The van der Waals surface area contributed by atoms with Crippen LogP contribution in [0.1, 0.15) is 12.8 Å². The maximum atomic E-state index is 7.63. The lowest BCUT2D eigenvalue weighted by Crippen LogP contribution is -2.41. The van der Waals surface area contributed by atoms with Crippen LogP contribution in [0.25, 0.3) is 10.9 Å². The average Bonchev–Trinajstić information content (AvgIpc) is 2.47. The standard InChI is InChI=1S/C14H17N5/c15-14(16)10-4-3-7-19(9-10)13-8-17-18-12-6-2-1-5-11(12)13/h1-2,5-6,8,10H,3-4,7,9H2,(H3,15,16). The summed E-state index contributed by atoms with van der Waals surface area (Å²) in [5, 5.41) is 17.0. The van der Waals surface area contributed by atoms with Crippen molar-refractivity contribution in [2.75, 3.05) is 18.0 Å². The van der Waals surface area contributed by atoms with Gasteiger partial charge in [-0.1, -0.05) is 18.2 Å². The summed E-state index contributed by atoms with van der Waals surface area (Å²) in [7, 11) is 0. The van der Waals surface area contributed by atoms with Crippen molar-refractivity contribution in [3.8, 4) is 0 Å². The highest BCUT2D eigenvalue weighted by Gasteiger charge is 2.23. The zero-order valence-corrected chi connectivity index (χ0v) is 10.7. The summed E-state index contributed by atoms with van der Waals surface area (Å²) < 4.78 is 0. The zero-order valence-electron chi connectivity index (χ0n) is 10.7. The van der Waals surface area contributed by atoms with Crippen molar-refractivity contribution in [3.05, 3.63) is 30.5 Å². The Kier molecular flexibility index (Phi) is 3.03. The number of piperidine rings is 1. The van der Waals surface area contributed by atoms with Gasteiger partial charge in [-0.05, 0) is 18.9 Å². The number of rotatable bonds is 2. The molecule has 0 radical (unpaired) electrons. The van der Waals surface area contributed by atoms with Crippen molar-refractivity contribution in [2.45, 2.75) is 12.8 Å². The van der Waals surface area contributed by atoms with E-state index in [0.29, 0.717) is 0 Å². The molecule has 1 atom stereocenters. The topological polar surface area (TPSA) is 78.9 Å². The van der Waals surface area contributed by atoms with Gasteiger partial charge in [0.2, 0.25) is 0 Å². The Balaban J connectivity index is 1.97. The molecular formula is C14H17N5. The highest BCUT2D eigenvalue weighted by atomic mass is 15.2. The fourth-order valence-electron chi connectivity index (χ4n) is 2.69. The first kappa shape index (κ1) is 11.9. The number of nitrogens with two attached hydrogens (primary N) is 1. The second-order valence-electron chi connectivity index (χ2n) is 4.99. The molecule has 1 aliphatic rings. The van der Waals surface area contributed by atoms with E-state index in [9.17, 15) is 0 Å². The van der Waals surface area contributed by atoms with Gasteiger partial charge < -0.3 is 10.6 Å². The van der Waals surface area contributed by atoms with Crippen LogP contribution in [-0.4, -0.2) is 29.1 Å². The van der Waals surface area contributed by atoms with Crippen LogP contribution in [0, 0.1) is 11.3 Å². The molecule has 3 rings (SSSR count). The SMILES string of the molecule is N=C(N)C1CCCN(c2cnnc3ccccc23)C1. The summed E-state index contributed by atoms with van der Waals surface area (Å²) >= 11 is 0. The summed E-state index contributed by atoms with van der Waals surface area (Å²) in [4.78, 5) is 2.27. The van der Waals surface area contributed by atoms with Gasteiger partial charge in [0.25, 0.3) is 0 Å². The maximum absolute atomic E-state index is 7.63. The van der Waals surface area contributed by atoms with Crippen LogP contribution in [0.15, 0.2) is 30.5 Å². The van der Waals surface area contributed by atoms with E-state index in [4.69, 9.17) is 11.1 Å². The van der Waals surface area contributed by atoms with Gasteiger partial charge in [-0.25, -0.2) is 0 Å². The highest BCUT2D eigenvalue weighted by molar-refractivity contribution is 5.91. The predicted molar refractivity (Wildman–Crippen MR) is 76.4 cm³/mol. The first-order valence-electron chi connectivity index (χ1n) is 6.55. The molecule has 0 saturated carbocycles. The molecule has 19 heavy (non-hydrogen) atoms. The second kappa shape index (κ2) is 4.84. The first-order chi connectivity index (χ1) is 9.25. The summed E-state index contributed by atoms with van der Waals surface area (Å²) in [5.41, 5.74) is 7.65. The maximum Gasteiger partial charge on any atom is 0.0954 e. The molecule has 1 aromatic carbocycles. The number of benzene rings is 1. The number of nitrogens with zero attached hydrogens (tertiary/aromatic N) is 3. The van der Waals surface area contributed by atoms with Crippen LogP contribution in [0.4, 0.5) is 5.69 Å². The Morgan fingerprint density at radius 1 is 1.37 bits per heavy atom. The summed E-state index contributed by atoms with van der Waals surface area (Å²) in [6.45, 7) is 1.78. The smallest absolute Gasteiger partial charge is 0.0954 e. The fraction of sp³-hybridized carbons (Fsp3) is 0.357. The number of amidine groups is 1. The van der Waals surface area contributed by atoms with Crippen molar-refractivity contribution < 1.29 is 0 Å². The normalized spacial score (nSPS) is 19.6. The fourth-order valence-corrected chi connectivity index (χ4v) is 2.69. The van der Waals surface area contributed by atoms with Crippen LogP contribution in [-0.2, 0) is 0 Å². The molecule has 1 saturated heterocycles. The Morgan fingerprint density at radius 3 is 3.05 bits per heavy atom. The third-order valence-corrected chi connectivity index (χ3v) is 3.73. The quantitative estimate of drug-likeness (QED) is 0.633. The summed E-state index contributed by atoms with van der Waals surface area (Å²) in [6.07, 6.45) is 3.87. The molecule has 5 heteroatoms. The van der Waals surface area contributed by atoms with Gasteiger partial charge in [-0.2, -0.15) is 10.2 Å². The van der Waals surface area contributed by atoms with Gasteiger partial charge in [0.15, 0.2) is 0 Å². The van der Waals surface area contributed by atoms with Gasteiger partial charge >= 0.3 is 0 Å². The molecule has 5 nitrogen and oxygen atoms in total. The Labute approximate surface area is 111 Å². The molecule has 0 bridgehead atoms. The third-order valence-electron chi connectivity index (χ3n) is 3.73. The number of nitrogens with one attached hydrogen (secondary N) is 1. The average molecular weight is 255 g/mol. The van der Waals surface area contributed by atoms with E-state index < -0.39 is 0 Å². The van der Waals surface area contributed by atoms with Crippen molar-refractivity contribution >= 4 is 22.4 Å². The summed E-state index contributed by atoms with van der Waals surface area (Å²) in [5.74, 6) is 0.441. The number of hydrogen-bond acceptors (Lipinski definition) is 4. The van der Waals surface area contributed by atoms with E-state index in [1.807, 2.05) is 24.4 Å². The number of anilines is 1. The predicted octanol–water partition coefficient (Wildman–Crippen LogP) is 1.78. The summed E-state index contributed by atoms with van der Waals surface area (Å²) in [6, 6.07) is 8.02. The van der Waals surface area contributed by atoms with E-state index in [2.05, 4.69) is 21.2 Å². The van der Waals surface area contributed by atoms with Crippen LogP contribution in [0.3, 0.4) is 0 Å². The van der Waals surface area contributed by atoms with Crippen LogP contribution < -0.4 is 10.6 Å². The number of fused-ring (bicyclic) bond motifs is 1. The largest absolute Gasteiger partial charge is 0.387 e. The lowest BCUT2D eigenvalue weighted by atomic mass is 9.96. The van der Waals surface area contributed by atoms with E-state index in [1.54, 1.807) is 0 Å². The first-order valence-corrected chi connectivity index (χ1v) is 6.55. The van der Waals surface area contributed by atoms with Crippen molar-refractivity contribution in [3.63, 3.8) is 0 Å². The zero-order chi connectivity index (χ0) is 13.2. The molecule has 2 aromatic rings. The lowest BCUT2D eigenvalue weighted by Gasteiger charge is -2.34. The molecule has 0 aliphatic carbocycles. The third kappa shape index (κ3) is 2.23. The van der Waals surface area contributed by atoms with Gasteiger partial charge in [0.05, 0.1) is 23.2 Å². The molecule has 0 amide bonds. The molecule has 98 valence electrons. The van der Waals surface area contributed by atoms with Crippen molar-refractivity contribution in [1.29, 1.82) is 5.41 Å². The van der Waals surface area contributed by atoms with E-state index >= 15 is 0 Å². The second-order valence-corrected chi connectivity index (χ2v) is 4.99. The highest BCUT2D eigenvalue weighted by Crippen LogP contribution is 2.28. The monoisotopic (exact) mass is 255 g/mol. The molecule has 1 fully saturated rings. The van der Waals surface area contributed by atoms with E-state index in [0.717, 1.165) is 42.5 Å². The van der Waals surface area contributed by atoms with E-state index in [-0.39, 0.29) is 11.8 Å². The minimum absolute atomic E-state index is 0.153. The van der Waals surface area contributed by atoms with Crippen LogP contribution in [0.5, 0.6) is 0 Å². The molecule has 0 spiro atoms. The lowest BCUT2D eigenvalue weighted by molar-refractivity contribution is 0.503. The Hall–Kier alpha value is -2.17. The van der Waals surface area contributed by atoms with Gasteiger partial charge in [-0.15, -0.1) is 0 Å². The molecule has 1 unspecified atom stereocenters.